The third-order valence-electron chi connectivity index (χ3n) is 2.59. The molecule has 1 aromatic heterocycles. The third-order valence-corrected chi connectivity index (χ3v) is 3.46. The maximum absolute atomic E-state index is 5.44. The van der Waals surface area contributed by atoms with Crippen molar-refractivity contribution in [3.05, 3.63) is 54.0 Å². The van der Waals surface area contributed by atoms with Crippen LogP contribution in [0.2, 0.25) is 19.6 Å². The average Bonchev–Trinajstić information content (AvgIpc) is 2.89. The number of hydrogen-bond donors (Lipinski definition) is 0. The van der Waals surface area contributed by atoms with E-state index in [9.17, 15) is 0 Å². The number of furan rings is 1. The lowest BCUT2D eigenvalue weighted by molar-refractivity contribution is 0.558. The van der Waals surface area contributed by atoms with Gasteiger partial charge in [-0.05, 0) is 31.2 Å². The smallest absolute Gasteiger partial charge is 0.160 e. The van der Waals surface area contributed by atoms with Gasteiger partial charge in [-0.2, -0.15) is 0 Å². The highest BCUT2D eigenvalue weighted by Gasteiger charge is 2.10. The lowest BCUT2D eigenvalue weighted by Crippen LogP contribution is -2.17. The number of hydrogen-bond acceptors (Lipinski definition) is 2. The van der Waals surface area contributed by atoms with Crippen molar-refractivity contribution in [2.75, 3.05) is 0 Å². The van der Waals surface area contributed by atoms with Crippen LogP contribution in [0.1, 0.15) is 11.3 Å². The zero-order valence-electron chi connectivity index (χ0n) is 12.4. The van der Waals surface area contributed by atoms with Crippen LogP contribution >= 0.6 is 0 Å². The van der Waals surface area contributed by atoms with Gasteiger partial charge in [-0.25, -0.2) is 4.99 Å². The van der Waals surface area contributed by atoms with Crippen LogP contribution in [-0.2, 0) is 0 Å². The Kier molecular flexibility index (Phi) is 4.26. The van der Waals surface area contributed by atoms with Crippen LogP contribution in [0.4, 0.5) is 5.69 Å². The standard InChI is InChI=1S/C17H19NOSi/c1-14-7-9-15(10-8-14)18-16(11-13-20(2,3)4)17-6-5-12-19-17/h5-10,12H,1-4H3. The molecule has 0 aliphatic rings. The summed E-state index contributed by atoms with van der Waals surface area (Å²) in [6.07, 6.45) is 1.65. The van der Waals surface area contributed by atoms with Crippen molar-refractivity contribution in [1.82, 2.24) is 0 Å². The Morgan fingerprint density at radius 3 is 2.35 bits per heavy atom. The molecule has 0 unspecified atom stereocenters. The van der Waals surface area contributed by atoms with Crippen molar-refractivity contribution < 1.29 is 4.42 Å². The fourth-order valence-corrected chi connectivity index (χ4v) is 2.05. The van der Waals surface area contributed by atoms with Gasteiger partial charge in [-0.3, -0.25) is 0 Å². The molecule has 1 heterocycles. The molecule has 0 fully saturated rings. The topological polar surface area (TPSA) is 25.5 Å². The van der Waals surface area contributed by atoms with Gasteiger partial charge in [0.1, 0.15) is 8.07 Å². The Balaban J connectivity index is 2.41. The Hall–Kier alpha value is -2.05. The number of rotatable bonds is 2. The van der Waals surface area contributed by atoms with E-state index in [4.69, 9.17) is 4.42 Å². The van der Waals surface area contributed by atoms with E-state index in [1.54, 1.807) is 6.26 Å². The summed E-state index contributed by atoms with van der Waals surface area (Å²) in [6, 6.07) is 11.8. The molecule has 0 aliphatic heterocycles. The van der Waals surface area contributed by atoms with Crippen LogP contribution in [0.15, 0.2) is 52.1 Å². The van der Waals surface area contributed by atoms with Gasteiger partial charge >= 0.3 is 0 Å². The van der Waals surface area contributed by atoms with Gasteiger partial charge < -0.3 is 4.42 Å². The van der Waals surface area contributed by atoms with E-state index in [1.807, 2.05) is 36.4 Å². The van der Waals surface area contributed by atoms with Crippen LogP contribution in [0.25, 0.3) is 0 Å². The summed E-state index contributed by atoms with van der Waals surface area (Å²) >= 11 is 0. The highest BCUT2D eigenvalue weighted by Crippen LogP contribution is 2.15. The van der Waals surface area contributed by atoms with Crippen LogP contribution in [0.3, 0.4) is 0 Å². The summed E-state index contributed by atoms with van der Waals surface area (Å²) < 4.78 is 5.44. The monoisotopic (exact) mass is 281 g/mol. The molecule has 0 spiro atoms. The molecule has 20 heavy (non-hydrogen) atoms. The zero-order valence-corrected chi connectivity index (χ0v) is 13.4. The Morgan fingerprint density at radius 1 is 1.10 bits per heavy atom. The lowest BCUT2D eigenvalue weighted by Gasteiger charge is -2.04. The molecule has 0 saturated heterocycles. The molecule has 0 bridgehead atoms. The van der Waals surface area contributed by atoms with E-state index in [1.165, 1.54) is 5.56 Å². The molecule has 0 aliphatic carbocycles. The van der Waals surface area contributed by atoms with Crippen LogP contribution in [-0.4, -0.2) is 13.8 Å². The number of aryl methyl sites for hydroxylation is 1. The number of aliphatic imine (C=N–C) groups is 1. The van der Waals surface area contributed by atoms with Gasteiger partial charge in [0.05, 0.1) is 12.0 Å². The van der Waals surface area contributed by atoms with E-state index in [-0.39, 0.29) is 0 Å². The van der Waals surface area contributed by atoms with Crippen molar-refractivity contribution in [2.24, 2.45) is 4.99 Å². The van der Waals surface area contributed by atoms with Crippen molar-refractivity contribution in [3.63, 3.8) is 0 Å². The zero-order chi connectivity index (χ0) is 14.6. The summed E-state index contributed by atoms with van der Waals surface area (Å²) in [6.45, 7) is 8.70. The summed E-state index contributed by atoms with van der Waals surface area (Å²) in [4.78, 5) is 4.62. The molecular weight excluding hydrogens is 262 g/mol. The summed E-state index contributed by atoms with van der Waals surface area (Å²) in [5, 5.41) is 0. The van der Waals surface area contributed by atoms with Gasteiger partial charge in [0.25, 0.3) is 0 Å². The molecule has 102 valence electrons. The maximum atomic E-state index is 5.44. The molecule has 0 saturated carbocycles. The lowest BCUT2D eigenvalue weighted by atomic mass is 10.2. The largest absolute Gasteiger partial charge is 0.462 e. The van der Waals surface area contributed by atoms with E-state index < -0.39 is 8.07 Å². The van der Waals surface area contributed by atoms with Gasteiger partial charge in [0, 0.05) is 0 Å². The fourth-order valence-electron chi connectivity index (χ4n) is 1.55. The number of nitrogens with zero attached hydrogens (tertiary/aromatic N) is 1. The predicted octanol–water partition coefficient (Wildman–Crippen LogP) is 4.59. The van der Waals surface area contributed by atoms with Crippen molar-refractivity contribution in [1.29, 1.82) is 0 Å². The van der Waals surface area contributed by atoms with Crippen LogP contribution in [0, 0.1) is 18.4 Å². The Morgan fingerprint density at radius 2 is 1.80 bits per heavy atom. The van der Waals surface area contributed by atoms with Crippen molar-refractivity contribution in [2.45, 2.75) is 26.6 Å². The molecule has 0 radical (unpaired) electrons. The molecule has 3 heteroatoms. The minimum absolute atomic E-state index is 0.696. The second-order valence-corrected chi connectivity index (χ2v) is 10.5. The quantitative estimate of drug-likeness (QED) is 0.449. The molecule has 1 aromatic carbocycles. The fraction of sp³-hybridized carbons (Fsp3) is 0.235. The highest BCUT2D eigenvalue weighted by molar-refractivity contribution is 6.84. The SMILES string of the molecule is Cc1ccc(N=C(C#C[Si](C)(C)C)c2ccco2)cc1. The molecular formula is C17H19NOSi. The Bertz CT molecular complexity index is 650. The first kappa shape index (κ1) is 14.4. The van der Waals surface area contributed by atoms with E-state index in [2.05, 4.69) is 43.0 Å². The molecule has 2 rings (SSSR count). The first-order valence-electron chi connectivity index (χ1n) is 6.66. The second kappa shape index (κ2) is 5.94. The van der Waals surface area contributed by atoms with Crippen molar-refractivity contribution in [3.8, 4) is 11.5 Å². The van der Waals surface area contributed by atoms with Gasteiger partial charge in [-0.1, -0.05) is 43.3 Å². The minimum Gasteiger partial charge on any atom is -0.462 e. The van der Waals surface area contributed by atoms with E-state index in [0.29, 0.717) is 5.71 Å². The van der Waals surface area contributed by atoms with Crippen molar-refractivity contribution >= 4 is 19.5 Å². The summed E-state index contributed by atoms with van der Waals surface area (Å²) in [7, 11) is -1.44. The van der Waals surface area contributed by atoms with E-state index in [0.717, 1.165) is 11.4 Å². The van der Waals surface area contributed by atoms with Crippen LogP contribution in [0.5, 0.6) is 0 Å². The first-order valence-corrected chi connectivity index (χ1v) is 10.2. The summed E-state index contributed by atoms with van der Waals surface area (Å²) in [5.41, 5.74) is 6.15. The molecule has 0 N–H and O–H groups in total. The van der Waals surface area contributed by atoms with Gasteiger partial charge in [0.15, 0.2) is 11.5 Å². The molecule has 2 nitrogen and oxygen atoms in total. The first-order chi connectivity index (χ1) is 9.44. The van der Waals surface area contributed by atoms with Crippen LogP contribution < -0.4 is 0 Å². The third kappa shape index (κ3) is 4.25. The normalized spacial score (nSPS) is 11.9. The van der Waals surface area contributed by atoms with E-state index >= 15 is 0 Å². The average molecular weight is 281 g/mol. The minimum atomic E-state index is -1.44. The predicted molar refractivity (Wildman–Crippen MR) is 87.2 cm³/mol. The van der Waals surface area contributed by atoms with Gasteiger partial charge in [0.2, 0.25) is 0 Å². The maximum Gasteiger partial charge on any atom is 0.160 e. The number of benzene rings is 1. The summed E-state index contributed by atoms with van der Waals surface area (Å²) in [5.74, 6) is 3.91. The Labute approximate surface area is 121 Å². The van der Waals surface area contributed by atoms with Gasteiger partial charge in [-0.15, -0.1) is 5.54 Å². The second-order valence-electron chi connectivity index (χ2n) is 5.77. The molecule has 0 atom stereocenters. The molecule has 2 aromatic rings. The highest BCUT2D eigenvalue weighted by atomic mass is 28.3. The molecule has 0 amide bonds.